The van der Waals surface area contributed by atoms with E-state index in [1.54, 1.807) is 0 Å². The van der Waals surface area contributed by atoms with Crippen molar-refractivity contribution in [2.24, 2.45) is 0 Å². The van der Waals surface area contributed by atoms with Crippen molar-refractivity contribution >= 4 is 61.3 Å². The number of carboxylic acids is 1. The Bertz CT molecular complexity index is 208. The first-order valence-electron chi connectivity index (χ1n) is 2.47. The van der Waals surface area contributed by atoms with Crippen LogP contribution in [0.5, 0.6) is 0 Å². The fraction of sp³-hybridized carbons (Fsp3) is 0.333. The number of hydrogen-bond acceptors (Lipinski definition) is 5. The van der Waals surface area contributed by atoms with E-state index in [1.165, 1.54) is 0 Å². The Morgan fingerprint density at radius 1 is 1.31 bits per heavy atom. The first-order valence-corrected chi connectivity index (χ1v) is 3.22. The number of carbonyl (C=O) groups excluding carboxylic acids is 1. The molecule has 0 aromatic heterocycles. The molecule has 3 N–H and O–H groups in total. The Kier molecular flexibility index (Phi) is 6.89. The molecule has 0 fully saturated rings. The SMILES string of the molecule is O=C(O)C(Cl)(Cl)C(=O)OB(O)O.[LiH]. The van der Waals surface area contributed by atoms with Gasteiger partial charge in [0.1, 0.15) is 0 Å². The summed E-state index contributed by atoms with van der Waals surface area (Å²) in [5.74, 6) is -3.54. The maximum absolute atomic E-state index is 10.5. The molecule has 0 aromatic carbocycles. The van der Waals surface area contributed by atoms with Crippen molar-refractivity contribution in [3.63, 3.8) is 0 Å². The molecule has 0 heterocycles. The predicted molar refractivity (Wildman–Crippen MR) is 45.5 cm³/mol. The Hall–Kier alpha value is 0.102. The van der Waals surface area contributed by atoms with Crippen LogP contribution in [0.15, 0.2) is 0 Å². The van der Waals surface area contributed by atoms with Gasteiger partial charge in [-0.1, -0.05) is 23.2 Å². The minimum absolute atomic E-state index is 0. The molecule has 0 atom stereocenters. The normalized spacial score (nSPS) is 9.85. The Balaban J connectivity index is 0. The van der Waals surface area contributed by atoms with Crippen molar-refractivity contribution < 1.29 is 29.4 Å². The van der Waals surface area contributed by atoms with Crippen molar-refractivity contribution in [3.05, 3.63) is 0 Å². The van der Waals surface area contributed by atoms with Gasteiger partial charge in [0.05, 0.1) is 0 Å². The van der Waals surface area contributed by atoms with Crippen LogP contribution in [-0.4, -0.2) is 57.6 Å². The first kappa shape index (κ1) is 15.6. The molecule has 0 radical (unpaired) electrons. The van der Waals surface area contributed by atoms with E-state index in [0.29, 0.717) is 0 Å². The van der Waals surface area contributed by atoms with Crippen molar-refractivity contribution in [3.8, 4) is 0 Å². The number of alkyl halides is 2. The molecule has 6 nitrogen and oxygen atoms in total. The van der Waals surface area contributed by atoms with Crippen LogP contribution >= 0.6 is 23.2 Å². The van der Waals surface area contributed by atoms with Gasteiger partial charge < -0.3 is 19.8 Å². The molecule has 0 spiro atoms. The molecule has 0 aliphatic carbocycles. The van der Waals surface area contributed by atoms with Crippen LogP contribution in [0.25, 0.3) is 0 Å². The molecule has 0 saturated carbocycles. The van der Waals surface area contributed by atoms with Gasteiger partial charge in [-0.3, -0.25) is 0 Å². The van der Waals surface area contributed by atoms with Gasteiger partial charge in [-0.15, -0.1) is 0 Å². The second kappa shape index (κ2) is 5.75. The molecule has 13 heavy (non-hydrogen) atoms. The summed E-state index contributed by atoms with van der Waals surface area (Å²) in [5, 5.41) is 24.3. The van der Waals surface area contributed by atoms with Crippen LogP contribution in [0.1, 0.15) is 0 Å². The Labute approximate surface area is 95.1 Å². The number of carbonyl (C=O) groups is 2. The summed E-state index contributed by atoms with van der Waals surface area (Å²) in [7, 11) is -2.45. The molecular weight excluding hydrogens is 221 g/mol. The van der Waals surface area contributed by atoms with Gasteiger partial charge >= 0.3 is 42.5 Å². The number of halogens is 2. The van der Waals surface area contributed by atoms with Crippen LogP contribution in [-0.2, 0) is 14.2 Å². The molecule has 0 unspecified atom stereocenters. The number of hydrogen-bond donors (Lipinski definition) is 3. The van der Waals surface area contributed by atoms with Gasteiger partial charge in [0, 0.05) is 0 Å². The van der Waals surface area contributed by atoms with Gasteiger partial charge in [0.25, 0.3) is 0 Å². The third kappa shape index (κ3) is 4.76. The van der Waals surface area contributed by atoms with E-state index < -0.39 is 23.6 Å². The number of rotatable bonds is 3. The van der Waals surface area contributed by atoms with Crippen molar-refractivity contribution in [1.29, 1.82) is 0 Å². The first-order chi connectivity index (χ1) is 5.28. The zero-order valence-corrected chi connectivity index (χ0v) is 6.91. The summed E-state index contributed by atoms with van der Waals surface area (Å²) in [6, 6.07) is 0. The summed E-state index contributed by atoms with van der Waals surface area (Å²) in [5.41, 5.74) is 0. The van der Waals surface area contributed by atoms with Gasteiger partial charge in [-0.2, -0.15) is 0 Å². The third-order valence-corrected chi connectivity index (χ3v) is 1.37. The van der Waals surface area contributed by atoms with Gasteiger partial charge in [0.15, 0.2) is 0 Å². The molecule has 0 saturated heterocycles. The monoisotopic (exact) mass is 224 g/mol. The molecule has 10 heteroatoms. The summed E-state index contributed by atoms with van der Waals surface area (Å²) in [4.78, 5) is 20.6. The van der Waals surface area contributed by atoms with Crippen LogP contribution in [0, 0.1) is 0 Å². The number of aliphatic carboxylic acids is 1. The van der Waals surface area contributed by atoms with Gasteiger partial charge in [0.2, 0.25) is 0 Å². The van der Waals surface area contributed by atoms with Crippen LogP contribution in [0.2, 0.25) is 0 Å². The minimum atomic E-state index is -2.83. The van der Waals surface area contributed by atoms with E-state index in [-0.39, 0.29) is 18.9 Å². The van der Waals surface area contributed by atoms with Crippen molar-refractivity contribution in [1.82, 2.24) is 0 Å². The average Bonchev–Trinajstić information content (AvgIpc) is 1.85. The van der Waals surface area contributed by atoms with Crippen LogP contribution in [0.4, 0.5) is 0 Å². The molecule has 0 rings (SSSR count). The van der Waals surface area contributed by atoms with E-state index in [9.17, 15) is 9.59 Å². The van der Waals surface area contributed by atoms with Gasteiger partial charge in [-0.25, -0.2) is 9.59 Å². The van der Waals surface area contributed by atoms with Crippen molar-refractivity contribution in [2.45, 2.75) is 4.33 Å². The summed E-state index contributed by atoms with van der Waals surface area (Å²) in [6.07, 6.45) is 0. The summed E-state index contributed by atoms with van der Waals surface area (Å²) in [6.45, 7) is 0. The maximum atomic E-state index is 10.5. The van der Waals surface area contributed by atoms with E-state index in [4.69, 9.17) is 38.4 Å². The second-order valence-electron chi connectivity index (χ2n) is 1.61. The van der Waals surface area contributed by atoms with E-state index in [0.717, 1.165) is 0 Å². The predicted octanol–water partition coefficient (Wildman–Crippen LogP) is -1.89. The molecule has 0 aromatic rings. The van der Waals surface area contributed by atoms with Gasteiger partial charge in [-0.05, 0) is 0 Å². The standard InChI is InChI=1S/C3H3BCl2O6.Li.H/c5-3(6,1(7)8)2(9)12-4(10)11;;/h10-11H,(H,7,8);;. The Morgan fingerprint density at radius 3 is 1.92 bits per heavy atom. The molecule has 0 aliphatic heterocycles. The zero-order chi connectivity index (χ0) is 9.94. The molecular formula is C3H4BCl2LiO6. The molecule has 0 amide bonds. The molecule has 0 bridgehead atoms. The third-order valence-electron chi connectivity index (χ3n) is 0.737. The topological polar surface area (TPSA) is 104 Å². The zero-order valence-electron chi connectivity index (χ0n) is 5.40. The molecule has 70 valence electrons. The quantitative estimate of drug-likeness (QED) is 0.294. The van der Waals surface area contributed by atoms with Crippen molar-refractivity contribution in [2.75, 3.05) is 0 Å². The summed E-state index contributed by atoms with van der Waals surface area (Å²) < 4.78 is 0.774. The summed E-state index contributed by atoms with van der Waals surface area (Å²) >= 11 is 9.87. The number of carboxylic acid groups (broad SMARTS) is 1. The fourth-order valence-corrected chi connectivity index (χ4v) is 0.346. The average molecular weight is 225 g/mol. The van der Waals surface area contributed by atoms with Crippen LogP contribution < -0.4 is 0 Å². The molecule has 0 aliphatic rings. The van der Waals surface area contributed by atoms with E-state index >= 15 is 0 Å². The van der Waals surface area contributed by atoms with E-state index in [1.807, 2.05) is 0 Å². The van der Waals surface area contributed by atoms with E-state index in [2.05, 4.69) is 4.65 Å². The van der Waals surface area contributed by atoms with Crippen LogP contribution in [0.3, 0.4) is 0 Å². The second-order valence-corrected chi connectivity index (χ2v) is 2.94. The Morgan fingerprint density at radius 2 is 1.69 bits per heavy atom. The fourth-order valence-electron chi connectivity index (χ4n) is 0.257.